The highest BCUT2D eigenvalue weighted by molar-refractivity contribution is 9.11. The molecule has 0 aliphatic carbocycles. The van der Waals surface area contributed by atoms with E-state index >= 15 is 0 Å². The standard InChI is InChI=1S/C17H19BrN2O2S/c1-11(2)12-6-4-5-7-13(12)19-16(21)10-20(3)17(22)14-8-9-15(18)23-14/h4-9,11H,10H2,1-3H3,(H,19,21). The number of thiophene rings is 1. The topological polar surface area (TPSA) is 49.4 Å². The van der Waals surface area contributed by atoms with E-state index in [1.54, 1.807) is 13.1 Å². The highest BCUT2D eigenvalue weighted by Crippen LogP contribution is 2.24. The molecule has 1 aromatic heterocycles. The minimum atomic E-state index is -0.204. The summed E-state index contributed by atoms with van der Waals surface area (Å²) in [6.45, 7) is 4.17. The first-order chi connectivity index (χ1) is 10.9. The van der Waals surface area contributed by atoms with Crippen molar-refractivity contribution in [2.24, 2.45) is 0 Å². The molecule has 0 radical (unpaired) electrons. The van der Waals surface area contributed by atoms with Gasteiger partial charge < -0.3 is 10.2 Å². The molecule has 1 aromatic carbocycles. The van der Waals surface area contributed by atoms with Crippen LogP contribution in [0.4, 0.5) is 5.69 Å². The van der Waals surface area contributed by atoms with Crippen molar-refractivity contribution in [3.63, 3.8) is 0 Å². The van der Waals surface area contributed by atoms with Crippen LogP contribution >= 0.6 is 27.3 Å². The number of rotatable bonds is 5. The highest BCUT2D eigenvalue weighted by Gasteiger charge is 2.17. The van der Waals surface area contributed by atoms with Gasteiger partial charge in [0, 0.05) is 12.7 Å². The Morgan fingerprint density at radius 2 is 1.91 bits per heavy atom. The fourth-order valence-electron chi connectivity index (χ4n) is 2.21. The van der Waals surface area contributed by atoms with Crippen LogP contribution in [0.3, 0.4) is 0 Å². The third-order valence-corrected chi connectivity index (χ3v) is 4.98. The molecule has 2 rings (SSSR count). The number of hydrogen-bond acceptors (Lipinski definition) is 3. The smallest absolute Gasteiger partial charge is 0.264 e. The van der Waals surface area contributed by atoms with Crippen LogP contribution in [0.15, 0.2) is 40.2 Å². The van der Waals surface area contributed by atoms with Gasteiger partial charge in [-0.1, -0.05) is 32.0 Å². The largest absolute Gasteiger partial charge is 0.332 e. The monoisotopic (exact) mass is 394 g/mol. The number of nitrogens with one attached hydrogen (secondary N) is 1. The Morgan fingerprint density at radius 3 is 2.52 bits per heavy atom. The van der Waals surface area contributed by atoms with Gasteiger partial charge in [-0.15, -0.1) is 11.3 Å². The number of carbonyl (C=O) groups excluding carboxylic acids is 2. The summed E-state index contributed by atoms with van der Waals surface area (Å²) >= 11 is 4.69. The van der Waals surface area contributed by atoms with Crippen LogP contribution in [0.1, 0.15) is 35.0 Å². The summed E-state index contributed by atoms with van der Waals surface area (Å²) < 4.78 is 0.893. The number of benzene rings is 1. The van der Waals surface area contributed by atoms with Crippen molar-refractivity contribution in [2.75, 3.05) is 18.9 Å². The predicted octanol–water partition coefficient (Wildman–Crippen LogP) is 4.34. The lowest BCUT2D eigenvalue weighted by Gasteiger charge is -2.18. The molecule has 0 aliphatic rings. The van der Waals surface area contributed by atoms with Crippen molar-refractivity contribution in [1.29, 1.82) is 0 Å². The maximum Gasteiger partial charge on any atom is 0.264 e. The lowest BCUT2D eigenvalue weighted by atomic mass is 10.0. The van der Waals surface area contributed by atoms with Gasteiger partial charge in [-0.3, -0.25) is 9.59 Å². The van der Waals surface area contributed by atoms with E-state index in [0.717, 1.165) is 15.0 Å². The second-order valence-corrected chi connectivity index (χ2v) is 8.02. The van der Waals surface area contributed by atoms with Crippen molar-refractivity contribution in [3.8, 4) is 0 Å². The number of halogens is 1. The molecule has 0 saturated heterocycles. The third-order valence-electron chi connectivity index (χ3n) is 3.37. The molecule has 0 fully saturated rings. The van der Waals surface area contributed by atoms with Crippen LogP contribution < -0.4 is 5.32 Å². The Hall–Kier alpha value is -1.66. The van der Waals surface area contributed by atoms with Crippen molar-refractivity contribution in [3.05, 3.63) is 50.6 Å². The zero-order chi connectivity index (χ0) is 17.0. The molecule has 0 aliphatic heterocycles. The van der Waals surface area contributed by atoms with Gasteiger partial charge in [0.25, 0.3) is 5.91 Å². The number of likely N-dealkylation sites (N-methyl/N-ethyl adjacent to an activating group) is 1. The van der Waals surface area contributed by atoms with E-state index in [9.17, 15) is 9.59 Å². The summed E-state index contributed by atoms with van der Waals surface area (Å²) in [6.07, 6.45) is 0. The molecule has 1 N–H and O–H groups in total. The predicted molar refractivity (Wildman–Crippen MR) is 98.1 cm³/mol. The molecular formula is C17H19BrN2O2S. The highest BCUT2D eigenvalue weighted by atomic mass is 79.9. The van der Waals surface area contributed by atoms with Crippen LogP contribution in [0, 0.1) is 0 Å². The fraction of sp³-hybridized carbons (Fsp3) is 0.294. The Labute approximate surface area is 148 Å². The SMILES string of the molecule is CC(C)c1ccccc1NC(=O)CN(C)C(=O)c1ccc(Br)s1. The zero-order valence-electron chi connectivity index (χ0n) is 13.3. The molecular weight excluding hydrogens is 376 g/mol. The Kier molecular flexibility index (Phi) is 5.96. The number of amides is 2. The summed E-state index contributed by atoms with van der Waals surface area (Å²) in [5.41, 5.74) is 1.88. The molecule has 0 bridgehead atoms. The van der Waals surface area contributed by atoms with E-state index in [4.69, 9.17) is 0 Å². The lowest BCUT2D eigenvalue weighted by Crippen LogP contribution is -2.34. The molecule has 2 aromatic rings. The molecule has 6 heteroatoms. The quantitative estimate of drug-likeness (QED) is 0.819. The van der Waals surface area contributed by atoms with E-state index in [2.05, 4.69) is 35.1 Å². The molecule has 1 heterocycles. The van der Waals surface area contributed by atoms with Crippen LogP contribution in [0.5, 0.6) is 0 Å². The van der Waals surface area contributed by atoms with E-state index in [-0.39, 0.29) is 18.4 Å². The Bertz CT molecular complexity index is 712. The van der Waals surface area contributed by atoms with Gasteiger partial charge in [-0.25, -0.2) is 0 Å². The Balaban J connectivity index is 2.01. The van der Waals surface area contributed by atoms with Crippen LogP contribution in [-0.4, -0.2) is 30.3 Å². The van der Waals surface area contributed by atoms with Crippen LogP contribution in [-0.2, 0) is 4.79 Å². The van der Waals surface area contributed by atoms with Crippen LogP contribution in [0.2, 0.25) is 0 Å². The van der Waals surface area contributed by atoms with Gasteiger partial charge in [-0.05, 0) is 45.6 Å². The molecule has 4 nitrogen and oxygen atoms in total. The number of carbonyl (C=O) groups is 2. The minimum absolute atomic E-state index is 0.0147. The van der Waals surface area contributed by atoms with E-state index in [1.807, 2.05) is 30.3 Å². The summed E-state index contributed by atoms with van der Waals surface area (Å²) in [7, 11) is 1.63. The summed E-state index contributed by atoms with van der Waals surface area (Å²) in [6, 6.07) is 11.3. The first-order valence-corrected chi connectivity index (χ1v) is 8.89. The molecule has 2 amide bonds. The van der Waals surface area contributed by atoms with E-state index in [1.165, 1.54) is 16.2 Å². The van der Waals surface area contributed by atoms with Crippen molar-refractivity contribution in [1.82, 2.24) is 4.90 Å². The number of nitrogens with zero attached hydrogens (tertiary/aromatic N) is 1. The summed E-state index contributed by atoms with van der Waals surface area (Å²) in [5.74, 6) is -0.0492. The number of para-hydroxylation sites is 1. The van der Waals surface area contributed by atoms with Crippen LogP contribution in [0.25, 0.3) is 0 Å². The van der Waals surface area contributed by atoms with Gasteiger partial charge in [0.1, 0.15) is 0 Å². The number of anilines is 1. The summed E-state index contributed by atoms with van der Waals surface area (Å²) in [4.78, 5) is 26.5. The van der Waals surface area contributed by atoms with Gasteiger partial charge in [0.05, 0.1) is 15.2 Å². The van der Waals surface area contributed by atoms with E-state index < -0.39 is 0 Å². The Morgan fingerprint density at radius 1 is 1.22 bits per heavy atom. The van der Waals surface area contributed by atoms with Crippen molar-refractivity contribution < 1.29 is 9.59 Å². The zero-order valence-corrected chi connectivity index (χ0v) is 15.7. The van der Waals surface area contributed by atoms with Gasteiger partial charge in [0.15, 0.2) is 0 Å². The average molecular weight is 395 g/mol. The fourth-order valence-corrected chi connectivity index (χ4v) is 3.59. The first-order valence-electron chi connectivity index (χ1n) is 7.28. The molecule has 0 atom stereocenters. The third kappa shape index (κ3) is 4.65. The lowest BCUT2D eigenvalue weighted by molar-refractivity contribution is -0.116. The normalized spacial score (nSPS) is 10.7. The van der Waals surface area contributed by atoms with Gasteiger partial charge in [-0.2, -0.15) is 0 Å². The van der Waals surface area contributed by atoms with E-state index in [0.29, 0.717) is 10.8 Å². The average Bonchev–Trinajstić information content (AvgIpc) is 2.93. The maximum atomic E-state index is 12.3. The van der Waals surface area contributed by atoms with Gasteiger partial charge >= 0.3 is 0 Å². The second-order valence-electron chi connectivity index (χ2n) is 5.56. The second kappa shape index (κ2) is 7.75. The molecule has 0 spiro atoms. The summed E-state index contributed by atoms with van der Waals surface area (Å²) in [5, 5.41) is 2.90. The minimum Gasteiger partial charge on any atom is -0.332 e. The first kappa shape index (κ1) is 17.7. The van der Waals surface area contributed by atoms with Crippen molar-refractivity contribution in [2.45, 2.75) is 19.8 Å². The molecule has 0 saturated carbocycles. The van der Waals surface area contributed by atoms with Gasteiger partial charge in [0.2, 0.25) is 5.91 Å². The molecule has 23 heavy (non-hydrogen) atoms. The van der Waals surface area contributed by atoms with Crippen molar-refractivity contribution >= 4 is 44.8 Å². The maximum absolute atomic E-state index is 12.3. The molecule has 0 unspecified atom stereocenters. The number of hydrogen-bond donors (Lipinski definition) is 1. The molecule has 122 valence electrons.